The molecule has 0 saturated carbocycles. The van der Waals surface area contributed by atoms with Gasteiger partial charge >= 0.3 is 5.97 Å². The van der Waals surface area contributed by atoms with Crippen LogP contribution in [-0.2, 0) is 0 Å². The number of aromatic nitrogens is 2. The summed E-state index contributed by atoms with van der Waals surface area (Å²) in [4.78, 5) is 21.2. The van der Waals surface area contributed by atoms with Gasteiger partial charge in [0.2, 0.25) is 11.8 Å². The molecular weight excluding hydrogens is 326 g/mol. The van der Waals surface area contributed by atoms with E-state index in [1.54, 1.807) is 43.4 Å². The minimum atomic E-state index is -1.07. The number of hydrogen-bond donors (Lipinski definition) is 1. The second kappa shape index (κ2) is 5.87. The highest BCUT2D eigenvalue weighted by atomic mass is 79.9. The van der Waals surface area contributed by atoms with Crippen molar-refractivity contribution in [3.63, 3.8) is 0 Å². The Kier molecular flexibility index (Phi) is 4.19. The third-order valence-corrected chi connectivity index (χ3v) is 2.90. The van der Waals surface area contributed by atoms with Crippen LogP contribution in [0.2, 0.25) is 0 Å². The van der Waals surface area contributed by atoms with Crippen molar-refractivity contribution in [2.75, 3.05) is 19.0 Å². The maximum absolute atomic E-state index is 11.2. The van der Waals surface area contributed by atoms with Gasteiger partial charge in [-0.2, -0.15) is 4.98 Å². The average Bonchev–Trinajstić information content (AvgIpc) is 2.41. The van der Waals surface area contributed by atoms with Crippen molar-refractivity contribution in [1.29, 1.82) is 0 Å². The first kappa shape index (κ1) is 14.3. The van der Waals surface area contributed by atoms with Gasteiger partial charge in [-0.05, 0) is 18.2 Å². The number of carboxylic acids is 1. The van der Waals surface area contributed by atoms with E-state index in [0.29, 0.717) is 10.4 Å². The normalized spacial score (nSPS) is 10.2. The standard InChI is InChI=1S/C13H12BrN3O3/c1-17(2)13-15-6-5-11(16-13)20-10-4-3-8(14)7-9(10)12(18)19/h3-7H,1-2H3,(H,18,19). The van der Waals surface area contributed by atoms with Crippen LogP contribution in [0.3, 0.4) is 0 Å². The number of aromatic carboxylic acids is 1. The Morgan fingerprint density at radius 3 is 2.75 bits per heavy atom. The lowest BCUT2D eigenvalue weighted by Gasteiger charge is -2.12. The molecule has 0 aliphatic rings. The summed E-state index contributed by atoms with van der Waals surface area (Å²) < 4.78 is 6.20. The van der Waals surface area contributed by atoms with Crippen molar-refractivity contribution >= 4 is 27.8 Å². The van der Waals surface area contributed by atoms with Gasteiger partial charge < -0.3 is 14.7 Å². The molecule has 20 heavy (non-hydrogen) atoms. The van der Waals surface area contributed by atoms with E-state index < -0.39 is 5.97 Å². The molecule has 7 heteroatoms. The Morgan fingerprint density at radius 1 is 1.35 bits per heavy atom. The molecule has 1 N–H and O–H groups in total. The number of halogens is 1. The first-order valence-electron chi connectivity index (χ1n) is 5.68. The number of benzene rings is 1. The predicted octanol–water partition coefficient (Wildman–Crippen LogP) is 2.80. The number of carbonyl (C=O) groups is 1. The van der Waals surface area contributed by atoms with Gasteiger partial charge in [0.1, 0.15) is 11.3 Å². The molecule has 1 aromatic carbocycles. The molecule has 0 spiro atoms. The fraction of sp³-hybridized carbons (Fsp3) is 0.154. The topological polar surface area (TPSA) is 75.6 Å². The van der Waals surface area contributed by atoms with Crippen molar-refractivity contribution in [2.24, 2.45) is 0 Å². The highest BCUT2D eigenvalue weighted by Gasteiger charge is 2.13. The minimum absolute atomic E-state index is 0.0596. The number of anilines is 1. The third-order valence-electron chi connectivity index (χ3n) is 2.40. The molecule has 1 aromatic heterocycles. The summed E-state index contributed by atoms with van der Waals surface area (Å²) in [5.74, 6) is -0.0719. The third kappa shape index (κ3) is 3.24. The van der Waals surface area contributed by atoms with E-state index in [4.69, 9.17) is 9.84 Å². The molecule has 6 nitrogen and oxygen atoms in total. The van der Waals surface area contributed by atoms with E-state index in [1.165, 1.54) is 6.07 Å². The lowest BCUT2D eigenvalue weighted by atomic mass is 10.2. The van der Waals surface area contributed by atoms with Crippen LogP contribution in [0.1, 0.15) is 10.4 Å². The molecule has 0 unspecified atom stereocenters. The number of nitrogens with zero attached hydrogens (tertiary/aromatic N) is 3. The Hall–Kier alpha value is -2.15. The zero-order valence-electron chi connectivity index (χ0n) is 10.9. The largest absolute Gasteiger partial charge is 0.478 e. The molecule has 0 fully saturated rings. The highest BCUT2D eigenvalue weighted by Crippen LogP contribution is 2.27. The summed E-state index contributed by atoms with van der Waals surface area (Å²) in [7, 11) is 3.61. The van der Waals surface area contributed by atoms with Crippen molar-refractivity contribution in [1.82, 2.24) is 9.97 Å². The lowest BCUT2D eigenvalue weighted by Crippen LogP contribution is -2.12. The zero-order valence-corrected chi connectivity index (χ0v) is 12.5. The minimum Gasteiger partial charge on any atom is -0.478 e. The van der Waals surface area contributed by atoms with Gasteiger partial charge in [-0.25, -0.2) is 9.78 Å². The van der Waals surface area contributed by atoms with Crippen molar-refractivity contribution in [3.8, 4) is 11.6 Å². The van der Waals surface area contributed by atoms with Gasteiger partial charge in [0, 0.05) is 30.8 Å². The first-order valence-corrected chi connectivity index (χ1v) is 6.48. The molecule has 0 bridgehead atoms. The molecule has 1 heterocycles. The van der Waals surface area contributed by atoms with E-state index in [-0.39, 0.29) is 17.2 Å². The smallest absolute Gasteiger partial charge is 0.339 e. The molecule has 0 amide bonds. The van der Waals surface area contributed by atoms with Crippen molar-refractivity contribution in [3.05, 3.63) is 40.5 Å². The van der Waals surface area contributed by atoms with Gasteiger partial charge in [-0.15, -0.1) is 0 Å². The summed E-state index contributed by atoms with van der Waals surface area (Å²) in [6, 6.07) is 6.33. The van der Waals surface area contributed by atoms with Crippen LogP contribution in [0.4, 0.5) is 5.95 Å². The summed E-state index contributed by atoms with van der Waals surface area (Å²) in [6.45, 7) is 0. The molecule has 2 aromatic rings. The maximum Gasteiger partial charge on any atom is 0.339 e. The quantitative estimate of drug-likeness (QED) is 0.924. The molecule has 2 rings (SSSR count). The van der Waals surface area contributed by atoms with Crippen LogP contribution in [0.15, 0.2) is 34.9 Å². The summed E-state index contributed by atoms with van der Waals surface area (Å²) in [6.07, 6.45) is 1.55. The summed E-state index contributed by atoms with van der Waals surface area (Å²) in [5, 5.41) is 9.17. The van der Waals surface area contributed by atoms with Gasteiger partial charge in [-0.3, -0.25) is 0 Å². The molecule has 104 valence electrons. The van der Waals surface area contributed by atoms with Crippen molar-refractivity contribution < 1.29 is 14.6 Å². The lowest BCUT2D eigenvalue weighted by molar-refractivity contribution is 0.0694. The van der Waals surface area contributed by atoms with E-state index in [2.05, 4.69) is 25.9 Å². The number of rotatable bonds is 4. The number of carboxylic acid groups (broad SMARTS) is 1. The predicted molar refractivity (Wildman–Crippen MR) is 77.5 cm³/mol. The Morgan fingerprint density at radius 2 is 2.10 bits per heavy atom. The fourth-order valence-electron chi connectivity index (χ4n) is 1.48. The van der Waals surface area contributed by atoms with Gasteiger partial charge in [0.05, 0.1) is 0 Å². The van der Waals surface area contributed by atoms with E-state index in [0.717, 1.165) is 0 Å². The summed E-state index contributed by atoms with van der Waals surface area (Å²) >= 11 is 3.23. The molecule has 0 aliphatic carbocycles. The molecule has 0 radical (unpaired) electrons. The second-order valence-electron chi connectivity index (χ2n) is 4.14. The number of hydrogen-bond acceptors (Lipinski definition) is 5. The molecule has 0 aliphatic heterocycles. The Labute approximate surface area is 124 Å². The van der Waals surface area contributed by atoms with Gasteiger partial charge in [0.15, 0.2) is 0 Å². The SMILES string of the molecule is CN(C)c1nccc(Oc2ccc(Br)cc2C(=O)O)n1. The molecular formula is C13H12BrN3O3. The van der Waals surface area contributed by atoms with Gasteiger partial charge in [-0.1, -0.05) is 15.9 Å². The maximum atomic E-state index is 11.2. The van der Waals surface area contributed by atoms with E-state index >= 15 is 0 Å². The second-order valence-corrected chi connectivity index (χ2v) is 5.05. The molecule has 0 atom stereocenters. The fourth-order valence-corrected chi connectivity index (χ4v) is 1.84. The monoisotopic (exact) mass is 337 g/mol. The Balaban J connectivity index is 2.35. The van der Waals surface area contributed by atoms with Crippen molar-refractivity contribution in [2.45, 2.75) is 0 Å². The zero-order chi connectivity index (χ0) is 14.7. The summed E-state index contributed by atoms with van der Waals surface area (Å²) in [5.41, 5.74) is 0.0596. The Bertz CT molecular complexity index is 647. The van der Waals surface area contributed by atoms with Crippen LogP contribution in [-0.4, -0.2) is 35.1 Å². The van der Waals surface area contributed by atoms with Crippen LogP contribution < -0.4 is 9.64 Å². The average molecular weight is 338 g/mol. The van der Waals surface area contributed by atoms with Crippen LogP contribution >= 0.6 is 15.9 Å². The van der Waals surface area contributed by atoms with Crippen LogP contribution in [0, 0.1) is 0 Å². The molecule has 0 saturated heterocycles. The van der Waals surface area contributed by atoms with Gasteiger partial charge in [0.25, 0.3) is 0 Å². The van der Waals surface area contributed by atoms with E-state index in [9.17, 15) is 4.79 Å². The first-order chi connectivity index (χ1) is 9.47. The number of ether oxygens (including phenoxy) is 1. The van der Waals surface area contributed by atoms with Crippen LogP contribution in [0.5, 0.6) is 11.6 Å². The highest BCUT2D eigenvalue weighted by molar-refractivity contribution is 9.10. The van der Waals surface area contributed by atoms with Crippen LogP contribution in [0.25, 0.3) is 0 Å². The van der Waals surface area contributed by atoms with E-state index in [1.807, 2.05) is 0 Å².